The number of fused-ring (bicyclic) bond motifs is 2. The molecule has 0 bridgehead atoms. The van der Waals surface area contributed by atoms with Gasteiger partial charge in [-0.1, -0.05) is 114 Å². The molecule has 0 saturated carbocycles. The molecule has 0 saturated heterocycles. The van der Waals surface area contributed by atoms with Crippen LogP contribution in [0.15, 0.2) is 114 Å². The number of pyridine rings is 1. The molecule has 241 valence electrons. The molecule has 0 aliphatic heterocycles. The summed E-state index contributed by atoms with van der Waals surface area (Å²) in [5, 5.41) is 1.04. The molecular weight excluding hydrogens is 755 g/mol. The molecule has 5 heteroatoms. The summed E-state index contributed by atoms with van der Waals surface area (Å²) in [6.07, 6.45) is 5.01. The topological polar surface area (TPSA) is 43.9 Å². The fourth-order valence-electron chi connectivity index (χ4n) is 5.87. The third kappa shape index (κ3) is 7.02. The van der Waals surface area contributed by atoms with Crippen molar-refractivity contribution in [3.05, 3.63) is 138 Å². The predicted octanol–water partition coefficient (Wildman–Crippen LogP) is 11.3. The Morgan fingerprint density at radius 3 is 2.11 bits per heavy atom. The molecule has 7 rings (SSSR count). The molecule has 0 spiro atoms. The van der Waals surface area contributed by atoms with Crippen molar-refractivity contribution in [3.63, 3.8) is 0 Å². The van der Waals surface area contributed by atoms with Crippen LogP contribution in [0.1, 0.15) is 77.0 Å². The average molecular weight is 796 g/mol. The molecule has 4 nitrogen and oxygen atoms in total. The summed E-state index contributed by atoms with van der Waals surface area (Å²) in [5.41, 5.74) is 11.0. The van der Waals surface area contributed by atoms with Crippen LogP contribution in [-0.2, 0) is 25.5 Å². The van der Waals surface area contributed by atoms with E-state index in [2.05, 4.69) is 125 Å². The van der Waals surface area contributed by atoms with Gasteiger partial charge in [-0.3, -0.25) is 4.98 Å². The van der Waals surface area contributed by atoms with Gasteiger partial charge in [-0.25, -0.2) is 0 Å². The Kier molecular flexibility index (Phi) is 10.3. The van der Waals surface area contributed by atoms with Gasteiger partial charge in [-0.05, 0) is 57.8 Å². The Hall–Kier alpha value is -4.31. The summed E-state index contributed by atoms with van der Waals surface area (Å²) >= 11 is 0. The largest absolute Gasteiger partial charge is 0.557 e. The van der Waals surface area contributed by atoms with Crippen LogP contribution in [0.25, 0.3) is 50.3 Å². The van der Waals surface area contributed by atoms with E-state index in [0.29, 0.717) is 11.8 Å². The monoisotopic (exact) mass is 796 g/mol. The summed E-state index contributed by atoms with van der Waals surface area (Å²) in [7, 11) is 0. The predicted molar refractivity (Wildman–Crippen MR) is 191 cm³/mol. The molecule has 1 radical (unpaired) electrons. The summed E-state index contributed by atoms with van der Waals surface area (Å²) in [5.74, 6) is 1.63. The van der Waals surface area contributed by atoms with Crippen LogP contribution in [0.4, 0.5) is 0 Å². The maximum absolute atomic E-state index is 6.00. The van der Waals surface area contributed by atoms with E-state index < -0.39 is 0 Å². The molecule has 0 aliphatic rings. The number of para-hydroxylation sites is 3. The zero-order valence-electron chi connectivity index (χ0n) is 28.1. The van der Waals surface area contributed by atoms with E-state index in [1.165, 1.54) is 22.4 Å². The molecule has 0 amide bonds. The number of aromatic nitrogens is 3. The molecule has 3 aromatic heterocycles. The summed E-state index contributed by atoms with van der Waals surface area (Å²) in [6.45, 7) is 15.7. The van der Waals surface area contributed by atoms with Crippen molar-refractivity contribution >= 4 is 22.0 Å². The first-order valence-electron chi connectivity index (χ1n) is 16.1. The van der Waals surface area contributed by atoms with Gasteiger partial charge in [0.15, 0.2) is 0 Å². The number of rotatable bonds is 5. The van der Waals surface area contributed by atoms with Crippen LogP contribution in [0.3, 0.4) is 0 Å². The van der Waals surface area contributed by atoms with Crippen LogP contribution in [0, 0.1) is 12.3 Å². The maximum Gasteiger partial charge on any atom is 0.0774 e. The molecular formula is C42H41IrN3O-2. The number of furan rings is 1. The fraction of sp³-hybridized carbons (Fsp3) is 0.238. The second kappa shape index (κ2) is 14.2. The number of imidazole rings is 1. The van der Waals surface area contributed by atoms with Crippen molar-refractivity contribution in [2.45, 2.75) is 65.7 Å². The second-order valence-corrected chi connectivity index (χ2v) is 13.4. The van der Waals surface area contributed by atoms with Crippen LogP contribution < -0.4 is 0 Å². The molecule has 7 aromatic rings. The fourth-order valence-corrected chi connectivity index (χ4v) is 5.87. The maximum atomic E-state index is 6.00. The average Bonchev–Trinajstić information content (AvgIpc) is 3.66. The number of benzene rings is 4. The van der Waals surface area contributed by atoms with Crippen LogP contribution in [-0.4, -0.2) is 14.5 Å². The molecule has 4 aromatic carbocycles. The van der Waals surface area contributed by atoms with Crippen molar-refractivity contribution in [1.29, 1.82) is 0 Å². The normalized spacial score (nSPS) is 11.5. The first kappa shape index (κ1) is 34.0. The Morgan fingerprint density at radius 2 is 1.47 bits per heavy atom. The van der Waals surface area contributed by atoms with Gasteiger partial charge in [0.2, 0.25) is 0 Å². The van der Waals surface area contributed by atoms with Gasteiger partial charge in [0.1, 0.15) is 0 Å². The van der Waals surface area contributed by atoms with E-state index in [1.54, 1.807) is 6.20 Å². The second-order valence-electron chi connectivity index (χ2n) is 13.4. The number of hydrogen-bond acceptors (Lipinski definition) is 3. The van der Waals surface area contributed by atoms with Crippen LogP contribution in [0.5, 0.6) is 0 Å². The van der Waals surface area contributed by atoms with Gasteiger partial charge >= 0.3 is 0 Å². The third-order valence-corrected chi connectivity index (χ3v) is 8.38. The van der Waals surface area contributed by atoms with E-state index in [4.69, 9.17) is 9.40 Å². The van der Waals surface area contributed by atoms with Gasteiger partial charge < -0.3 is 14.0 Å². The molecule has 47 heavy (non-hydrogen) atoms. The van der Waals surface area contributed by atoms with E-state index in [0.717, 1.165) is 44.6 Å². The van der Waals surface area contributed by atoms with E-state index in [-0.39, 0.29) is 25.5 Å². The Morgan fingerprint density at radius 1 is 0.766 bits per heavy atom. The summed E-state index contributed by atoms with van der Waals surface area (Å²) in [4.78, 5) is 9.34. The number of nitrogens with zero attached hydrogens (tertiary/aromatic N) is 3. The zero-order valence-corrected chi connectivity index (χ0v) is 30.5. The van der Waals surface area contributed by atoms with Gasteiger partial charge in [0.25, 0.3) is 0 Å². The third-order valence-electron chi connectivity index (χ3n) is 8.38. The minimum absolute atomic E-state index is 0. The first-order chi connectivity index (χ1) is 22.1. The molecule has 0 unspecified atom stereocenters. The van der Waals surface area contributed by atoms with E-state index in [1.807, 2.05) is 48.5 Å². The first-order valence-corrected chi connectivity index (χ1v) is 16.1. The molecule has 0 N–H and O–H groups in total. The Bertz CT molecular complexity index is 2020. The smallest absolute Gasteiger partial charge is 0.0774 e. The SMILES string of the molecule is CC(C)c1cccc(C(C)C)c1-n1c(-c2[c-]oc3cc(C(C)(C)C)ccc23)nc2ccccc21.[Ir].[c-]1ccccc1-c1ccccn1. The summed E-state index contributed by atoms with van der Waals surface area (Å²) < 4.78 is 8.34. The summed E-state index contributed by atoms with van der Waals surface area (Å²) in [6, 6.07) is 38.4. The Balaban J connectivity index is 0.000000280. The quantitative estimate of drug-likeness (QED) is 0.163. The molecule has 0 fully saturated rings. The van der Waals surface area contributed by atoms with Crippen LogP contribution >= 0.6 is 0 Å². The van der Waals surface area contributed by atoms with Crippen molar-refractivity contribution in [2.75, 3.05) is 0 Å². The standard InChI is InChI=1S/C31H33N2O.C11H8N.Ir/c1-19(2)22-11-10-12-23(20(3)4)29(22)33-27-14-9-8-13-26(27)32-30(33)25-18-34-28-17-21(31(5,6)7)15-16-24(25)28;1-2-6-10(7-3-1)11-8-4-5-9-12-11;/h8-17,19-20H,1-7H3;1-6,8-9H;/q2*-1;. The van der Waals surface area contributed by atoms with Crippen molar-refractivity contribution in [1.82, 2.24) is 14.5 Å². The number of hydrogen-bond donors (Lipinski definition) is 0. The van der Waals surface area contributed by atoms with Gasteiger partial charge in [-0.2, -0.15) is 0 Å². The minimum Gasteiger partial charge on any atom is -0.557 e. The zero-order chi connectivity index (χ0) is 32.4. The van der Waals surface area contributed by atoms with Gasteiger partial charge in [0.05, 0.1) is 16.9 Å². The van der Waals surface area contributed by atoms with Gasteiger partial charge in [-0.15, -0.1) is 42.0 Å². The minimum atomic E-state index is 0. The van der Waals surface area contributed by atoms with E-state index >= 15 is 0 Å². The van der Waals surface area contributed by atoms with Crippen molar-refractivity contribution in [3.8, 4) is 28.3 Å². The van der Waals surface area contributed by atoms with E-state index in [9.17, 15) is 0 Å². The molecule has 0 atom stereocenters. The van der Waals surface area contributed by atoms with Crippen molar-refractivity contribution in [2.24, 2.45) is 0 Å². The van der Waals surface area contributed by atoms with Crippen molar-refractivity contribution < 1.29 is 24.5 Å². The Labute approximate surface area is 292 Å². The van der Waals surface area contributed by atoms with Gasteiger partial charge in [0, 0.05) is 43.8 Å². The van der Waals surface area contributed by atoms with Crippen LogP contribution in [0.2, 0.25) is 0 Å². The molecule has 0 aliphatic carbocycles. The molecule has 3 heterocycles.